The topological polar surface area (TPSA) is 17.1 Å². The van der Waals surface area contributed by atoms with Gasteiger partial charge in [0, 0.05) is 12.3 Å². The molecular weight excluding hydrogens is 248 g/mol. The van der Waals surface area contributed by atoms with Crippen LogP contribution in [0.5, 0.6) is 0 Å². The van der Waals surface area contributed by atoms with E-state index in [1.165, 1.54) is 0 Å². The van der Waals surface area contributed by atoms with Gasteiger partial charge >= 0.3 is 6.18 Å². The molecule has 98 valence electrons. The Kier molecular flexibility index (Phi) is 3.41. The third-order valence-electron chi connectivity index (χ3n) is 3.20. The maximum absolute atomic E-state index is 13.2. The molecule has 0 spiro atoms. The summed E-state index contributed by atoms with van der Waals surface area (Å²) >= 11 is 0. The summed E-state index contributed by atoms with van der Waals surface area (Å²) in [7, 11) is 0. The zero-order valence-corrected chi connectivity index (χ0v) is 9.56. The molecular formula is C13H12F4O. The average molecular weight is 260 g/mol. The van der Waals surface area contributed by atoms with Gasteiger partial charge in [0.25, 0.3) is 0 Å². The van der Waals surface area contributed by atoms with Crippen molar-refractivity contribution in [2.45, 2.75) is 37.8 Å². The fraction of sp³-hybridized carbons (Fsp3) is 0.462. The number of benzene rings is 1. The molecule has 0 bridgehead atoms. The van der Waals surface area contributed by atoms with E-state index >= 15 is 0 Å². The second-order valence-electron chi connectivity index (χ2n) is 4.54. The van der Waals surface area contributed by atoms with E-state index in [1.54, 1.807) is 0 Å². The van der Waals surface area contributed by atoms with Gasteiger partial charge in [0.15, 0.2) is 0 Å². The van der Waals surface area contributed by atoms with Gasteiger partial charge in [0.2, 0.25) is 0 Å². The fourth-order valence-electron chi connectivity index (χ4n) is 2.31. The van der Waals surface area contributed by atoms with E-state index in [1.807, 2.05) is 0 Å². The molecule has 0 amide bonds. The number of carbonyl (C=O) groups is 1. The first-order chi connectivity index (χ1) is 8.38. The molecule has 0 radical (unpaired) electrons. The predicted molar refractivity (Wildman–Crippen MR) is 57.6 cm³/mol. The Balaban J connectivity index is 2.38. The summed E-state index contributed by atoms with van der Waals surface area (Å²) in [5.41, 5.74) is -0.886. The van der Waals surface area contributed by atoms with Gasteiger partial charge in [-0.25, -0.2) is 4.39 Å². The van der Waals surface area contributed by atoms with Gasteiger partial charge in [-0.2, -0.15) is 13.2 Å². The van der Waals surface area contributed by atoms with Crippen LogP contribution in [0, 0.1) is 5.82 Å². The molecule has 1 aromatic rings. The van der Waals surface area contributed by atoms with Crippen LogP contribution in [0.25, 0.3) is 0 Å². The van der Waals surface area contributed by atoms with Crippen LogP contribution in [0.1, 0.15) is 42.7 Å². The molecule has 1 unspecified atom stereocenters. The first kappa shape index (κ1) is 13.1. The maximum atomic E-state index is 13.2. The summed E-state index contributed by atoms with van der Waals surface area (Å²) in [4.78, 5) is 11.7. The first-order valence-electron chi connectivity index (χ1n) is 5.78. The third-order valence-corrected chi connectivity index (χ3v) is 3.20. The average Bonchev–Trinajstić information content (AvgIpc) is 2.27. The third kappa shape index (κ3) is 2.71. The van der Waals surface area contributed by atoms with Crippen LogP contribution in [-0.4, -0.2) is 5.78 Å². The van der Waals surface area contributed by atoms with Crippen molar-refractivity contribution in [1.82, 2.24) is 0 Å². The molecule has 5 heteroatoms. The van der Waals surface area contributed by atoms with Crippen LogP contribution in [0.15, 0.2) is 18.2 Å². The van der Waals surface area contributed by atoms with Crippen LogP contribution in [0.4, 0.5) is 17.6 Å². The molecule has 0 heterocycles. The lowest BCUT2D eigenvalue weighted by Crippen LogP contribution is -2.18. The van der Waals surface area contributed by atoms with E-state index in [0.29, 0.717) is 18.9 Å². The van der Waals surface area contributed by atoms with Crippen LogP contribution in [0.2, 0.25) is 0 Å². The standard InChI is InChI=1S/C13H12F4O/c14-10-6-8(5-9(7-10)13(15,16)17)11-3-1-2-4-12(11)18/h5-7,11H,1-4H2. The number of ketones is 1. The minimum Gasteiger partial charge on any atom is -0.299 e. The van der Waals surface area contributed by atoms with Crippen molar-refractivity contribution in [1.29, 1.82) is 0 Å². The van der Waals surface area contributed by atoms with E-state index in [4.69, 9.17) is 0 Å². The van der Waals surface area contributed by atoms with Crippen LogP contribution >= 0.6 is 0 Å². The number of Topliss-reactive ketones (excluding diaryl/α,β-unsaturated/α-hetero) is 1. The molecule has 18 heavy (non-hydrogen) atoms. The molecule has 0 N–H and O–H groups in total. The molecule has 0 aromatic heterocycles. The highest BCUT2D eigenvalue weighted by Crippen LogP contribution is 2.35. The minimum atomic E-state index is -4.59. The van der Waals surface area contributed by atoms with Gasteiger partial charge < -0.3 is 0 Å². The molecule has 2 rings (SSSR count). The molecule has 1 fully saturated rings. The van der Waals surface area contributed by atoms with Gasteiger partial charge in [-0.1, -0.05) is 6.42 Å². The predicted octanol–water partition coefficient (Wildman–Crippen LogP) is 4.07. The Labute approximate surface area is 102 Å². The van der Waals surface area contributed by atoms with Crippen molar-refractivity contribution in [3.63, 3.8) is 0 Å². The maximum Gasteiger partial charge on any atom is 0.416 e. The molecule has 1 atom stereocenters. The highest BCUT2D eigenvalue weighted by atomic mass is 19.4. The Bertz CT molecular complexity index is 465. The van der Waals surface area contributed by atoms with Crippen LogP contribution in [-0.2, 0) is 11.0 Å². The second kappa shape index (κ2) is 4.71. The Morgan fingerprint density at radius 3 is 2.44 bits per heavy atom. The number of alkyl halides is 3. The first-order valence-corrected chi connectivity index (χ1v) is 5.78. The smallest absolute Gasteiger partial charge is 0.299 e. The van der Waals surface area contributed by atoms with Gasteiger partial charge in [0.05, 0.1) is 5.56 Å². The highest BCUT2D eigenvalue weighted by molar-refractivity contribution is 5.86. The summed E-state index contributed by atoms with van der Waals surface area (Å²) in [5, 5.41) is 0. The normalized spacial score (nSPS) is 21.1. The van der Waals surface area contributed by atoms with Crippen molar-refractivity contribution in [3.05, 3.63) is 35.1 Å². The van der Waals surface area contributed by atoms with Gasteiger partial charge in [-0.15, -0.1) is 0 Å². The lowest BCUT2D eigenvalue weighted by Gasteiger charge is -2.21. The lowest BCUT2D eigenvalue weighted by atomic mass is 9.82. The number of hydrogen-bond donors (Lipinski definition) is 0. The summed E-state index contributed by atoms with van der Waals surface area (Å²) in [6.07, 6.45) is -2.18. The number of halogens is 4. The van der Waals surface area contributed by atoms with E-state index in [-0.39, 0.29) is 11.3 Å². The Morgan fingerprint density at radius 1 is 1.11 bits per heavy atom. The number of carbonyl (C=O) groups excluding carboxylic acids is 1. The summed E-state index contributed by atoms with van der Waals surface area (Å²) in [6.45, 7) is 0. The van der Waals surface area contributed by atoms with Crippen LogP contribution < -0.4 is 0 Å². The van der Waals surface area contributed by atoms with Gasteiger partial charge in [0.1, 0.15) is 11.6 Å². The second-order valence-corrected chi connectivity index (χ2v) is 4.54. The monoisotopic (exact) mass is 260 g/mol. The molecule has 1 aliphatic rings. The number of rotatable bonds is 1. The van der Waals surface area contributed by atoms with E-state index in [0.717, 1.165) is 25.0 Å². The van der Waals surface area contributed by atoms with E-state index in [2.05, 4.69) is 0 Å². The number of hydrogen-bond acceptors (Lipinski definition) is 1. The van der Waals surface area contributed by atoms with Crippen molar-refractivity contribution in [2.24, 2.45) is 0 Å². The molecule has 0 saturated heterocycles. The zero-order chi connectivity index (χ0) is 13.3. The fourth-order valence-corrected chi connectivity index (χ4v) is 2.31. The molecule has 1 saturated carbocycles. The molecule has 1 nitrogen and oxygen atoms in total. The SMILES string of the molecule is O=C1CCCCC1c1cc(F)cc(C(F)(F)F)c1. The van der Waals surface area contributed by atoms with Crippen molar-refractivity contribution < 1.29 is 22.4 Å². The van der Waals surface area contributed by atoms with E-state index in [9.17, 15) is 22.4 Å². The lowest BCUT2D eigenvalue weighted by molar-refractivity contribution is -0.138. The molecule has 1 aliphatic carbocycles. The molecule has 0 aliphatic heterocycles. The summed E-state index contributed by atoms with van der Waals surface area (Å²) < 4.78 is 50.9. The van der Waals surface area contributed by atoms with Crippen molar-refractivity contribution in [2.75, 3.05) is 0 Å². The van der Waals surface area contributed by atoms with Crippen LogP contribution in [0.3, 0.4) is 0 Å². The van der Waals surface area contributed by atoms with Crippen molar-refractivity contribution in [3.8, 4) is 0 Å². The Hall–Kier alpha value is -1.39. The Morgan fingerprint density at radius 2 is 1.83 bits per heavy atom. The van der Waals surface area contributed by atoms with Gasteiger partial charge in [-0.3, -0.25) is 4.79 Å². The van der Waals surface area contributed by atoms with E-state index < -0.39 is 23.5 Å². The summed E-state index contributed by atoms with van der Waals surface area (Å²) in [6, 6.07) is 2.37. The highest BCUT2D eigenvalue weighted by Gasteiger charge is 2.33. The quantitative estimate of drug-likeness (QED) is 0.695. The van der Waals surface area contributed by atoms with Crippen molar-refractivity contribution >= 4 is 5.78 Å². The largest absolute Gasteiger partial charge is 0.416 e. The minimum absolute atomic E-state index is 0.0972. The van der Waals surface area contributed by atoms with Gasteiger partial charge in [-0.05, 0) is 36.6 Å². The summed E-state index contributed by atoms with van der Waals surface area (Å²) in [5.74, 6) is -1.63. The molecule has 1 aromatic carbocycles. The zero-order valence-electron chi connectivity index (χ0n) is 9.56.